The van der Waals surface area contributed by atoms with Crippen LogP contribution in [0.2, 0.25) is 0 Å². The average molecular weight is 257 g/mol. The smallest absolute Gasteiger partial charge is 0.119 e. The number of ether oxygens (including phenoxy) is 1. The molecule has 0 fully saturated rings. The van der Waals surface area contributed by atoms with Gasteiger partial charge in [0, 0.05) is 5.71 Å². The molecular weight excluding hydrogens is 234 g/mol. The average Bonchev–Trinajstić information content (AvgIpc) is 2.29. The number of hydrogen-bond donors (Lipinski definition) is 0. The van der Waals surface area contributed by atoms with Gasteiger partial charge in [0.15, 0.2) is 0 Å². The topological polar surface area (TPSA) is 21.6 Å². The van der Waals surface area contributed by atoms with E-state index < -0.39 is 0 Å². The van der Waals surface area contributed by atoms with E-state index in [0.717, 1.165) is 24.3 Å². The molecule has 0 heterocycles. The maximum absolute atomic E-state index is 5.44. The van der Waals surface area contributed by atoms with Crippen LogP contribution in [0.1, 0.15) is 40.5 Å². The minimum Gasteiger partial charge on any atom is -0.494 e. The third-order valence-corrected chi connectivity index (χ3v) is 3.25. The molecule has 0 unspecified atom stereocenters. The zero-order valence-corrected chi connectivity index (χ0v) is 12.4. The summed E-state index contributed by atoms with van der Waals surface area (Å²) in [4.78, 5) is 4.75. The van der Waals surface area contributed by atoms with Crippen molar-refractivity contribution in [1.29, 1.82) is 0 Å². The molecule has 102 valence electrons. The quantitative estimate of drug-likeness (QED) is 0.752. The van der Waals surface area contributed by atoms with Gasteiger partial charge < -0.3 is 4.74 Å². The fraction of sp³-hybridized carbons (Fsp3) is 0.471. The predicted octanol–water partition coefficient (Wildman–Crippen LogP) is 4.92. The summed E-state index contributed by atoms with van der Waals surface area (Å²) in [5.41, 5.74) is 3.92. The highest BCUT2D eigenvalue weighted by molar-refractivity contribution is 5.98. The molecule has 19 heavy (non-hydrogen) atoms. The summed E-state index contributed by atoms with van der Waals surface area (Å²) in [6.45, 7) is 9.48. The van der Waals surface area contributed by atoms with Crippen LogP contribution < -0.4 is 4.74 Å². The van der Waals surface area contributed by atoms with Crippen molar-refractivity contribution >= 4 is 11.4 Å². The lowest BCUT2D eigenvalue weighted by Crippen LogP contribution is -2.21. The van der Waals surface area contributed by atoms with Crippen LogP contribution in [0.3, 0.4) is 0 Å². The molecule has 1 aromatic rings. The summed E-state index contributed by atoms with van der Waals surface area (Å²) >= 11 is 0. The van der Waals surface area contributed by atoms with E-state index in [0.29, 0.717) is 12.0 Å². The van der Waals surface area contributed by atoms with Gasteiger partial charge in [-0.1, -0.05) is 19.4 Å². The van der Waals surface area contributed by atoms with Crippen molar-refractivity contribution in [3.63, 3.8) is 0 Å². The lowest BCUT2D eigenvalue weighted by atomic mass is 9.77. The Morgan fingerprint density at radius 3 is 2.42 bits per heavy atom. The molecule has 0 radical (unpaired) electrons. The first-order valence-corrected chi connectivity index (χ1v) is 6.96. The third kappa shape index (κ3) is 3.95. The Morgan fingerprint density at radius 1 is 1.16 bits per heavy atom. The maximum atomic E-state index is 5.44. The molecule has 0 spiro atoms. The fourth-order valence-electron chi connectivity index (χ4n) is 2.72. The van der Waals surface area contributed by atoms with Gasteiger partial charge in [0.25, 0.3) is 0 Å². The fourth-order valence-corrected chi connectivity index (χ4v) is 2.72. The van der Waals surface area contributed by atoms with Crippen LogP contribution in [0, 0.1) is 5.41 Å². The molecule has 0 amide bonds. The summed E-state index contributed by atoms with van der Waals surface area (Å²) in [7, 11) is 0. The van der Waals surface area contributed by atoms with Crippen LogP contribution in [0.5, 0.6) is 5.75 Å². The zero-order valence-electron chi connectivity index (χ0n) is 12.4. The van der Waals surface area contributed by atoms with Gasteiger partial charge >= 0.3 is 0 Å². The Bertz CT molecular complexity index is 494. The van der Waals surface area contributed by atoms with Gasteiger partial charge in [-0.15, -0.1) is 0 Å². The van der Waals surface area contributed by atoms with E-state index in [4.69, 9.17) is 9.73 Å². The van der Waals surface area contributed by atoms with E-state index in [1.807, 2.05) is 31.2 Å². The monoisotopic (exact) mass is 257 g/mol. The highest BCUT2D eigenvalue weighted by Gasteiger charge is 2.24. The molecular formula is C17H23NO. The minimum absolute atomic E-state index is 0.322. The molecule has 2 nitrogen and oxygen atoms in total. The Balaban J connectivity index is 2.18. The number of allylic oxidation sites excluding steroid dienone is 2. The molecule has 0 aromatic heterocycles. The number of hydrogen-bond acceptors (Lipinski definition) is 2. The van der Waals surface area contributed by atoms with E-state index in [1.165, 1.54) is 11.3 Å². The predicted molar refractivity (Wildman–Crippen MR) is 81.5 cm³/mol. The molecule has 0 bridgehead atoms. The number of aliphatic imine (C=N–C) groups is 1. The maximum Gasteiger partial charge on any atom is 0.119 e. The van der Waals surface area contributed by atoms with Crippen LogP contribution >= 0.6 is 0 Å². The molecule has 1 aromatic carbocycles. The van der Waals surface area contributed by atoms with Crippen LogP contribution in [0.25, 0.3) is 0 Å². The highest BCUT2D eigenvalue weighted by atomic mass is 16.5. The van der Waals surface area contributed by atoms with Crippen molar-refractivity contribution in [1.82, 2.24) is 0 Å². The standard InChI is InChI=1S/C17H23NO/c1-5-19-16-8-6-14(7-9-16)18-15-10-13(2)11-17(3,4)12-15/h6-10H,5,11-12H2,1-4H3/b18-15-. The summed E-state index contributed by atoms with van der Waals surface area (Å²) in [5, 5.41) is 0. The molecule has 0 N–H and O–H groups in total. The third-order valence-electron chi connectivity index (χ3n) is 3.25. The second-order valence-electron chi connectivity index (χ2n) is 6.04. The Morgan fingerprint density at radius 2 is 1.84 bits per heavy atom. The van der Waals surface area contributed by atoms with Crippen LogP contribution in [0.15, 0.2) is 40.9 Å². The van der Waals surface area contributed by atoms with Gasteiger partial charge in [0.1, 0.15) is 5.75 Å². The van der Waals surface area contributed by atoms with Gasteiger partial charge in [0.2, 0.25) is 0 Å². The minimum atomic E-state index is 0.322. The van der Waals surface area contributed by atoms with Crippen LogP contribution in [-0.4, -0.2) is 12.3 Å². The Hall–Kier alpha value is -1.57. The number of benzene rings is 1. The first-order valence-electron chi connectivity index (χ1n) is 6.96. The van der Waals surface area contributed by atoms with E-state index in [2.05, 4.69) is 26.8 Å². The van der Waals surface area contributed by atoms with Crippen molar-refractivity contribution < 1.29 is 4.74 Å². The SMILES string of the molecule is CCOc1ccc(/N=C2/C=C(C)CC(C)(C)C2)cc1. The molecule has 1 aliphatic carbocycles. The van der Waals surface area contributed by atoms with E-state index in [1.54, 1.807) is 0 Å². The lowest BCUT2D eigenvalue weighted by Gasteiger charge is -2.29. The molecule has 0 atom stereocenters. The molecule has 0 saturated carbocycles. The van der Waals surface area contributed by atoms with Crippen LogP contribution in [-0.2, 0) is 0 Å². The summed E-state index contributed by atoms with van der Waals surface area (Å²) in [5.74, 6) is 0.905. The molecule has 2 rings (SSSR count). The summed E-state index contributed by atoms with van der Waals surface area (Å²) < 4.78 is 5.44. The van der Waals surface area contributed by atoms with E-state index >= 15 is 0 Å². The first-order chi connectivity index (χ1) is 8.98. The number of rotatable bonds is 3. The largest absolute Gasteiger partial charge is 0.494 e. The Kier molecular flexibility index (Phi) is 4.08. The van der Waals surface area contributed by atoms with Crippen molar-refractivity contribution in [3.05, 3.63) is 35.9 Å². The number of nitrogens with zero attached hydrogens (tertiary/aromatic N) is 1. The Labute approximate surface area is 116 Å². The van der Waals surface area contributed by atoms with Crippen LogP contribution in [0.4, 0.5) is 5.69 Å². The summed E-state index contributed by atoms with van der Waals surface area (Å²) in [6, 6.07) is 7.99. The van der Waals surface area contributed by atoms with Gasteiger partial charge in [-0.3, -0.25) is 4.99 Å². The highest BCUT2D eigenvalue weighted by Crippen LogP contribution is 2.34. The second-order valence-corrected chi connectivity index (χ2v) is 6.04. The molecule has 0 saturated heterocycles. The molecule has 1 aliphatic rings. The van der Waals surface area contributed by atoms with Gasteiger partial charge in [-0.2, -0.15) is 0 Å². The van der Waals surface area contributed by atoms with Crippen molar-refractivity contribution in [2.75, 3.05) is 6.61 Å². The van der Waals surface area contributed by atoms with E-state index in [9.17, 15) is 0 Å². The first kappa shape index (κ1) is 13.9. The second kappa shape index (κ2) is 5.60. The summed E-state index contributed by atoms with van der Waals surface area (Å²) in [6.07, 6.45) is 4.43. The molecule has 2 heteroatoms. The van der Waals surface area contributed by atoms with Gasteiger partial charge in [-0.05, 0) is 62.4 Å². The lowest BCUT2D eigenvalue weighted by molar-refractivity contribution is 0.340. The van der Waals surface area contributed by atoms with Gasteiger partial charge in [0.05, 0.1) is 12.3 Å². The van der Waals surface area contributed by atoms with Crippen molar-refractivity contribution in [2.45, 2.75) is 40.5 Å². The molecule has 0 aliphatic heterocycles. The van der Waals surface area contributed by atoms with E-state index in [-0.39, 0.29) is 0 Å². The normalized spacial score (nSPS) is 20.2. The van der Waals surface area contributed by atoms with Crippen molar-refractivity contribution in [2.24, 2.45) is 10.4 Å². The van der Waals surface area contributed by atoms with Gasteiger partial charge in [-0.25, -0.2) is 0 Å². The van der Waals surface area contributed by atoms with Crippen molar-refractivity contribution in [3.8, 4) is 5.75 Å². The zero-order chi connectivity index (χ0) is 13.9.